The van der Waals surface area contributed by atoms with Crippen molar-refractivity contribution < 1.29 is 48.0 Å². The molecule has 0 aromatic heterocycles. The number of methoxy groups -OCH3 is 1. The lowest BCUT2D eigenvalue weighted by Crippen LogP contribution is -2.52. The van der Waals surface area contributed by atoms with E-state index in [0.717, 1.165) is 21.0 Å². The maximum atomic E-state index is 13.0. The first-order valence-electron chi connectivity index (χ1n) is 10.8. The SMILES string of the molecule is C=C1C(=O)O[C@H]2[C@H]1[C@H](OC(=O)C(C)(O)C(C)Cl)[C@@H](OC(C)=O)C(C(=O)OC)=CCC[C@@]1(C)O[C@@H]21. The van der Waals surface area contributed by atoms with Crippen LogP contribution in [-0.2, 0) is 42.9 Å². The molecule has 10 nitrogen and oxygen atoms in total. The number of rotatable bonds is 5. The van der Waals surface area contributed by atoms with Crippen LogP contribution in [0.25, 0.3) is 0 Å². The van der Waals surface area contributed by atoms with E-state index in [9.17, 15) is 24.3 Å². The monoisotopic (exact) mass is 500 g/mol. The minimum Gasteiger partial charge on any atom is -0.466 e. The molecule has 11 heteroatoms. The van der Waals surface area contributed by atoms with Gasteiger partial charge in [-0.2, -0.15) is 0 Å². The van der Waals surface area contributed by atoms with Gasteiger partial charge in [0.25, 0.3) is 0 Å². The van der Waals surface area contributed by atoms with E-state index in [0.29, 0.717) is 12.8 Å². The fourth-order valence-electron chi connectivity index (χ4n) is 4.28. The zero-order chi connectivity index (χ0) is 25.6. The number of fused-ring (bicyclic) bond motifs is 3. The Morgan fingerprint density at radius 2 is 2.00 bits per heavy atom. The number of aliphatic hydroxyl groups is 1. The average molecular weight is 501 g/mol. The third-order valence-electron chi connectivity index (χ3n) is 6.61. The number of carbonyl (C=O) groups is 4. The lowest BCUT2D eigenvalue weighted by atomic mass is 9.80. The molecule has 2 unspecified atom stereocenters. The van der Waals surface area contributed by atoms with Crippen molar-refractivity contribution in [2.75, 3.05) is 7.11 Å². The molecule has 0 radical (unpaired) electrons. The Hall–Kier alpha value is -2.43. The quantitative estimate of drug-likeness (QED) is 0.193. The molecule has 1 N–H and O–H groups in total. The van der Waals surface area contributed by atoms with Gasteiger partial charge >= 0.3 is 23.9 Å². The van der Waals surface area contributed by atoms with Crippen LogP contribution < -0.4 is 0 Å². The van der Waals surface area contributed by atoms with Gasteiger partial charge in [0, 0.05) is 12.5 Å². The summed E-state index contributed by atoms with van der Waals surface area (Å²) in [7, 11) is 1.15. The lowest BCUT2D eigenvalue weighted by molar-refractivity contribution is -0.184. The smallest absolute Gasteiger partial charge is 0.339 e. The molecule has 2 saturated heterocycles. The number of hydrogen-bond donors (Lipinski definition) is 1. The zero-order valence-electron chi connectivity index (χ0n) is 19.7. The van der Waals surface area contributed by atoms with Crippen molar-refractivity contribution in [3.8, 4) is 0 Å². The number of halogens is 1. The molecule has 188 valence electrons. The molecule has 34 heavy (non-hydrogen) atoms. The minimum absolute atomic E-state index is 0.0545. The Morgan fingerprint density at radius 1 is 1.35 bits per heavy atom. The van der Waals surface area contributed by atoms with Crippen LogP contribution >= 0.6 is 11.6 Å². The van der Waals surface area contributed by atoms with E-state index < -0.39 is 70.8 Å². The number of carbonyl (C=O) groups excluding carboxylic acids is 4. The summed E-state index contributed by atoms with van der Waals surface area (Å²) in [6.07, 6.45) is -2.12. The van der Waals surface area contributed by atoms with Crippen LogP contribution in [0, 0.1) is 5.92 Å². The van der Waals surface area contributed by atoms with Gasteiger partial charge in [-0.1, -0.05) is 12.7 Å². The highest BCUT2D eigenvalue weighted by Gasteiger charge is 2.65. The van der Waals surface area contributed by atoms with E-state index >= 15 is 0 Å². The van der Waals surface area contributed by atoms with Gasteiger partial charge in [0.1, 0.15) is 12.2 Å². The summed E-state index contributed by atoms with van der Waals surface area (Å²) in [6, 6.07) is 0. The maximum Gasteiger partial charge on any atom is 0.339 e. The van der Waals surface area contributed by atoms with E-state index in [1.165, 1.54) is 13.0 Å². The number of ether oxygens (including phenoxy) is 5. The molecule has 2 aliphatic heterocycles. The molecule has 0 amide bonds. The van der Waals surface area contributed by atoms with Gasteiger partial charge < -0.3 is 28.8 Å². The van der Waals surface area contributed by atoms with Crippen LogP contribution in [0.15, 0.2) is 23.8 Å². The van der Waals surface area contributed by atoms with Crippen LogP contribution in [0.1, 0.15) is 40.5 Å². The largest absolute Gasteiger partial charge is 0.466 e. The standard InChI is InChI=1S/C23H29ClO10/c1-10-14-16(33-21(28)23(5,29)11(2)24)15(31-12(3)25)13(20(27)30-6)8-7-9-22(4)18(34-22)17(14)32-19(10)26/h8,11,14-18,29H,1,7,9H2,2-6H3/t11?,14-,15+,16+,17+,18+,22-,23?/m1/s1. The summed E-state index contributed by atoms with van der Waals surface area (Å²) in [4.78, 5) is 50.3. The van der Waals surface area contributed by atoms with E-state index in [4.69, 9.17) is 35.3 Å². The fourth-order valence-corrected chi connectivity index (χ4v) is 4.37. The van der Waals surface area contributed by atoms with Crippen molar-refractivity contribution in [3.05, 3.63) is 23.8 Å². The molecule has 1 aliphatic carbocycles. The van der Waals surface area contributed by atoms with Crippen molar-refractivity contribution in [3.63, 3.8) is 0 Å². The Labute approximate surface area is 202 Å². The van der Waals surface area contributed by atoms with E-state index in [1.54, 1.807) is 0 Å². The Bertz CT molecular complexity index is 938. The van der Waals surface area contributed by atoms with Gasteiger partial charge in [0.2, 0.25) is 0 Å². The van der Waals surface area contributed by atoms with Crippen LogP contribution in [-0.4, -0.2) is 77.1 Å². The van der Waals surface area contributed by atoms with Gasteiger partial charge in [-0.15, -0.1) is 11.6 Å². The topological polar surface area (TPSA) is 138 Å². The molecule has 0 aromatic carbocycles. The molecule has 0 spiro atoms. The average Bonchev–Trinajstić information content (AvgIpc) is 3.34. The van der Waals surface area contributed by atoms with Gasteiger partial charge in [-0.25, -0.2) is 14.4 Å². The van der Waals surface area contributed by atoms with Crippen molar-refractivity contribution >= 4 is 35.5 Å². The van der Waals surface area contributed by atoms with Crippen molar-refractivity contribution in [2.45, 2.75) is 81.5 Å². The second-order valence-corrected chi connectivity index (χ2v) is 9.78. The van der Waals surface area contributed by atoms with Gasteiger partial charge in [0.05, 0.1) is 29.6 Å². The van der Waals surface area contributed by atoms with Crippen molar-refractivity contribution in [2.24, 2.45) is 5.92 Å². The molecule has 2 heterocycles. The summed E-state index contributed by atoms with van der Waals surface area (Å²) in [5.41, 5.74) is -2.95. The summed E-state index contributed by atoms with van der Waals surface area (Å²) in [5, 5.41) is 9.54. The first kappa shape index (κ1) is 26.2. The summed E-state index contributed by atoms with van der Waals surface area (Å²) in [5.74, 6) is -4.55. The number of alkyl halides is 1. The lowest BCUT2D eigenvalue weighted by Gasteiger charge is -2.35. The van der Waals surface area contributed by atoms with Crippen LogP contribution in [0.5, 0.6) is 0 Å². The van der Waals surface area contributed by atoms with Gasteiger partial charge in [-0.05, 0) is 33.6 Å². The molecule has 0 bridgehead atoms. The number of hydrogen-bond acceptors (Lipinski definition) is 10. The summed E-state index contributed by atoms with van der Waals surface area (Å²) >= 11 is 5.98. The van der Waals surface area contributed by atoms with Crippen molar-refractivity contribution in [1.82, 2.24) is 0 Å². The molecule has 8 atom stereocenters. The van der Waals surface area contributed by atoms with E-state index in [-0.39, 0.29) is 11.1 Å². The predicted molar refractivity (Wildman–Crippen MR) is 116 cm³/mol. The number of allylic oxidation sites excluding steroid dienone is 1. The van der Waals surface area contributed by atoms with Crippen LogP contribution in [0.2, 0.25) is 0 Å². The van der Waals surface area contributed by atoms with E-state index in [1.807, 2.05) is 6.92 Å². The third-order valence-corrected chi connectivity index (χ3v) is 7.03. The Morgan fingerprint density at radius 3 is 2.56 bits per heavy atom. The molecular weight excluding hydrogens is 472 g/mol. The highest BCUT2D eigenvalue weighted by Crippen LogP contribution is 2.50. The molecule has 0 saturated carbocycles. The predicted octanol–water partition coefficient (Wildman–Crippen LogP) is 1.36. The molecule has 0 aromatic rings. The number of epoxide rings is 1. The van der Waals surface area contributed by atoms with Crippen molar-refractivity contribution in [1.29, 1.82) is 0 Å². The summed E-state index contributed by atoms with van der Waals surface area (Å²) in [6.45, 7) is 9.30. The second kappa shape index (κ2) is 9.31. The first-order valence-corrected chi connectivity index (χ1v) is 11.3. The highest BCUT2D eigenvalue weighted by atomic mass is 35.5. The van der Waals surface area contributed by atoms with Crippen LogP contribution in [0.4, 0.5) is 0 Å². The zero-order valence-corrected chi connectivity index (χ0v) is 20.4. The second-order valence-electron chi connectivity index (χ2n) is 9.13. The molecular formula is C23H29ClO10. The Balaban J connectivity index is 2.18. The fraction of sp³-hybridized carbons (Fsp3) is 0.652. The number of esters is 4. The normalized spacial score (nSPS) is 35.4. The summed E-state index contributed by atoms with van der Waals surface area (Å²) < 4.78 is 27.4. The van der Waals surface area contributed by atoms with Gasteiger partial charge in [0.15, 0.2) is 17.8 Å². The third kappa shape index (κ3) is 4.71. The molecule has 3 rings (SSSR count). The highest BCUT2D eigenvalue weighted by molar-refractivity contribution is 6.22. The Kier molecular flexibility index (Phi) is 7.17. The molecule has 2 fully saturated rings. The first-order chi connectivity index (χ1) is 15.7. The van der Waals surface area contributed by atoms with E-state index in [2.05, 4.69) is 6.58 Å². The molecule has 3 aliphatic rings. The maximum absolute atomic E-state index is 13.0. The van der Waals surface area contributed by atoms with Crippen LogP contribution in [0.3, 0.4) is 0 Å². The minimum atomic E-state index is -2.14. The van der Waals surface area contributed by atoms with Gasteiger partial charge in [-0.3, -0.25) is 4.79 Å².